The molecule has 2 atom stereocenters. The highest BCUT2D eigenvalue weighted by atomic mass is 19.1. The van der Waals surface area contributed by atoms with Gasteiger partial charge in [-0.1, -0.05) is 19.1 Å². The van der Waals surface area contributed by atoms with Crippen molar-refractivity contribution in [1.29, 1.82) is 0 Å². The molecule has 0 N–H and O–H groups in total. The van der Waals surface area contributed by atoms with Crippen LogP contribution in [0.4, 0.5) is 4.39 Å². The van der Waals surface area contributed by atoms with Crippen LogP contribution in [0.25, 0.3) is 0 Å². The monoisotopic (exact) mass is 333 g/mol. The number of benzene rings is 1. The minimum absolute atomic E-state index is 0.0325. The van der Waals surface area contributed by atoms with Crippen molar-refractivity contribution in [3.05, 3.63) is 35.6 Å². The Morgan fingerprint density at radius 3 is 2.38 bits per heavy atom. The Balaban J connectivity index is 1.78. The van der Waals surface area contributed by atoms with Gasteiger partial charge in [-0.05, 0) is 24.2 Å². The Morgan fingerprint density at radius 1 is 1.17 bits per heavy atom. The van der Waals surface area contributed by atoms with Gasteiger partial charge in [-0.25, -0.2) is 4.39 Å². The first-order valence-electron chi connectivity index (χ1n) is 8.53. The Morgan fingerprint density at radius 2 is 1.79 bits per heavy atom. The highest BCUT2D eigenvalue weighted by Crippen LogP contribution is 2.38. The molecule has 1 aromatic rings. The maximum atomic E-state index is 13.2. The molecule has 2 fully saturated rings. The van der Waals surface area contributed by atoms with Crippen LogP contribution in [0, 0.1) is 11.7 Å². The molecule has 2 aliphatic rings. The first kappa shape index (κ1) is 16.9. The fraction of sp³-hybridized carbons (Fsp3) is 0.556. The van der Waals surface area contributed by atoms with E-state index < -0.39 is 0 Å². The number of carbonyl (C=O) groups excluding carboxylic acids is 2. The number of rotatable bonds is 3. The summed E-state index contributed by atoms with van der Waals surface area (Å²) in [6.45, 7) is 6.27. The lowest BCUT2D eigenvalue weighted by atomic mass is 9.92. The summed E-state index contributed by atoms with van der Waals surface area (Å²) in [6, 6.07) is 5.80. The van der Waals surface area contributed by atoms with Crippen LogP contribution >= 0.6 is 0 Å². The SMILES string of the molecule is CCN1CCN(C(=O)[C@H]2CC(=O)N(C)[C@H]2c2ccc(F)cc2)CC1. The minimum Gasteiger partial charge on any atom is -0.340 e. The second-order valence-electron chi connectivity index (χ2n) is 6.57. The van der Waals surface area contributed by atoms with Gasteiger partial charge in [0.15, 0.2) is 0 Å². The molecule has 5 nitrogen and oxygen atoms in total. The molecule has 0 aromatic heterocycles. The van der Waals surface area contributed by atoms with Crippen molar-refractivity contribution in [3.8, 4) is 0 Å². The van der Waals surface area contributed by atoms with Crippen LogP contribution in [-0.4, -0.2) is 66.3 Å². The average Bonchev–Trinajstić information content (AvgIpc) is 2.90. The Labute approximate surface area is 142 Å². The van der Waals surface area contributed by atoms with Gasteiger partial charge < -0.3 is 14.7 Å². The van der Waals surface area contributed by atoms with E-state index >= 15 is 0 Å². The predicted octanol–water partition coefficient (Wildman–Crippen LogP) is 1.51. The van der Waals surface area contributed by atoms with E-state index in [-0.39, 0.29) is 36.0 Å². The quantitative estimate of drug-likeness (QED) is 0.842. The maximum absolute atomic E-state index is 13.2. The third kappa shape index (κ3) is 3.15. The smallest absolute Gasteiger partial charge is 0.228 e. The van der Waals surface area contributed by atoms with E-state index in [0.717, 1.165) is 25.2 Å². The molecule has 1 aromatic carbocycles. The van der Waals surface area contributed by atoms with Crippen molar-refractivity contribution in [2.24, 2.45) is 5.92 Å². The number of carbonyl (C=O) groups is 2. The summed E-state index contributed by atoms with van der Waals surface area (Å²) >= 11 is 0. The summed E-state index contributed by atoms with van der Waals surface area (Å²) in [4.78, 5) is 31.0. The van der Waals surface area contributed by atoms with Gasteiger partial charge in [-0.2, -0.15) is 0 Å². The van der Waals surface area contributed by atoms with Crippen molar-refractivity contribution in [2.45, 2.75) is 19.4 Å². The molecule has 2 saturated heterocycles. The molecule has 3 rings (SSSR count). The zero-order chi connectivity index (χ0) is 17.3. The average molecular weight is 333 g/mol. The number of likely N-dealkylation sites (N-methyl/N-ethyl adjacent to an activating group) is 1. The molecule has 0 aliphatic carbocycles. The maximum Gasteiger partial charge on any atom is 0.228 e. The zero-order valence-corrected chi connectivity index (χ0v) is 14.2. The zero-order valence-electron chi connectivity index (χ0n) is 14.2. The molecule has 2 aliphatic heterocycles. The number of amides is 2. The largest absolute Gasteiger partial charge is 0.340 e. The molecule has 130 valence electrons. The number of piperazine rings is 1. The molecule has 2 amide bonds. The number of hydrogen-bond donors (Lipinski definition) is 0. The second kappa shape index (κ2) is 6.89. The number of nitrogens with zero attached hydrogens (tertiary/aromatic N) is 3. The molecule has 0 spiro atoms. The van der Waals surface area contributed by atoms with E-state index in [9.17, 15) is 14.0 Å². The van der Waals surface area contributed by atoms with Gasteiger partial charge in [0, 0.05) is 39.6 Å². The third-order valence-electron chi connectivity index (χ3n) is 5.25. The summed E-state index contributed by atoms with van der Waals surface area (Å²) in [5, 5.41) is 0. The molecule has 0 unspecified atom stereocenters. The summed E-state index contributed by atoms with van der Waals surface area (Å²) in [5.74, 6) is -0.696. The van der Waals surface area contributed by atoms with Crippen LogP contribution in [0.3, 0.4) is 0 Å². The van der Waals surface area contributed by atoms with Gasteiger partial charge in [-0.15, -0.1) is 0 Å². The van der Waals surface area contributed by atoms with Crippen molar-refractivity contribution in [3.63, 3.8) is 0 Å². The minimum atomic E-state index is -0.388. The topological polar surface area (TPSA) is 43.9 Å². The highest BCUT2D eigenvalue weighted by molar-refractivity contribution is 5.90. The first-order valence-corrected chi connectivity index (χ1v) is 8.53. The van der Waals surface area contributed by atoms with Crippen LogP contribution in [-0.2, 0) is 9.59 Å². The standard InChI is InChI=1S/C18H24FN3O2/c1-3-21-8-10-22(11-9-21)18(24)15-12-16(23)20(2)17(15)13-4-6-14(19)7-5-13/h4-7,15,17H,3,8-12H2,1-2H3/t15-,17-/m0/s1. The van der Waals surface area contributed by atoms with E-state index in [1.807, 2.05) is 4.90 Å². The van der Waals surface area contributed by atoms with Crippen LogP contribution in [0.1, 0.15) is 24.9 Å². The number of hydrogen-bond acceptors (Lipinski definition) is 3. The summed E-state index contributed by atoms with van der Waals surface area (Å²) in [6.07, 6.45) is 0.228. The van der Waals surface area contributed by atoms with Crippen LogP contribution in [0.5, 0.6) is 0 Å². The van der Waals surface area contributed by atoms with Gasteiger partial charge >= 0.3 is 0 Å². The molecule has 24 heavy (non-hydrogen) atoms. The van der Waals surface area contributed by atoms with Gasteiger partial charge in [0.05, 0.1) is 12.0 Å². The number of halogens is 1. The molecule has 0 bridgehead atoms. The van der Waals surface area contributed by atoms with E-state index in [1.165, 1.54) is 12.1 Å². The van der Waals surface area contributed by atoms with Crippen molar-refractivity contribution in [1.82, 2.24) is 14.7 Å². The second-order valence-corrected chi connectivity index (χ2v) is 6.57. The van der Waals surface area contributed by atoms with E-state index in [2.05, 4.69) is 11.8 Å². The van der Waals surface area contributed by atoms with E-state index in [0.29, 0.717) is 13.1 Å². The van der Waals surface area contributed by atoms with Crippen molar-refractivity contribution in [2.75, 3.05) is 39.8 Å². The Kier molecular flexibility index (Phi) is 4.85. The lowest BCUT2D eigenvalue weighted by Crippen LogP contribution is -2.50. The van der Waals surface area contributed by atoms with Gasteiger partial charge in [-0.3, -0.25) is 9.59 Å². The summed E-state index contributed by atoms with van der Waals surface area (Å²) in [7, 11) is 1.72. The van der Waals surface area contributed by atoms with Crippen molar-refractivity contribution >= 4 is 11.8 Å². The Hall–Kier alpha value is -1.95. The third-order valence-corrected chi connectivity index (χ3v) is 5.25. The molecular formula is C18H24FN3O2. The first-order chi connectivity index (χ1) is 11.5. The Bertz CT molecular complexity index is 611. The molecule has 2 heterocycles. The predicted molar refractivity (Wildman–Crippen MR) is 88.7 cm³/mol. The number of likely N-dealkylation sites (tertiary alicyclic amines) is 1. The lowest BCUT2D eigenvalue weighted by molar-refractivity contribution is -0.138. The molecular weight excluding hydrogens is 309 g/mol. The van der Waals surface area contributed by atoms with Gasteiger partial charge in [0.1, 0.15) is 5.82 Å². The van der Waals surface area contributed by atoms with Crippen LogP contribution in [0.2, 0.25) is 0 Å². The van der Waals surface area contributed by atoms with Gasteiger partial charge in [0.2, 0.25) is 11.8 Å². The molecule has 6 heteroatoms. The summed E-state index contributed by atoms with van der Waals surface area (Å²) in [5.41, 5.74) is 0.815. The van der Waals surface area contributed by atoms with Crippen LogP contribution in [0.15, 0.2) is 24.3 Å². The lowest BCUT2D eigenvalue weighted by Gasteiger charge is -2.36. The molecule has 0 radical (unpaired) electrons. The fourth-order valence-corrected chi connectivity index (χ4v) is 3.73. The van der Waals surface area contributed by atoms with Crippen molar-refractivity contribution < 1.29 is 14.0 Å². The fourth-order valence-electron chi connectivity index (χ4n) is 3.73. The van der Waals surface area contributed by atoms with E-state index in [4.69, 9.17) is 0 Å². The molecule has 0 saturated carbocycles. The highest BCUT2D eigenvalue weighted by Gasteiger charge is 2.44. The van der Waals surface area contributed by atoms with Crippen LogP contribution < -0.4 is 0 Å². The van der Waals surface area contributed by atoms with Gasteiger partial charge in [0.25, 0.3) is 0 Å². The van der Waals surface area contributed by atoms with E-state index in [1.54, 1.807) is 24.1 Å². The summed E-state index contributed by atoms with van der Waals surface area (Å²) < 4.78 is 13.2. The normalized spacial score (nSPS) is 25.4.